The first-order valence-corrected chi connectivity index (χ1v) is 10.8. The van der Waals surface area contributed by atoms with E-state index >= 15 is 0 Å². The van der Waals surface area contributed by atoms with Gasteiger partial charge in [0, 0.05) is 19.6 Å². The molecule has 0 spiro atoms. The van der Waals surface area contributed by atoms with Crippen LogP contribution in [-0.2, 0) is 24.3 Å². The lowest BCUT2D eigenvalue weighted by atomic mass is 10.0. The molecular weight excluding hydrogens is 376 g/mol. The van der Waals surface area contributed by atoms with Gasteiger partial charge in [-0.2, -0.15) is 0 Å². The normalized spacial score (nSPS) is 14.7. The summed E-state index contributed by atoms with van der Waals surface area (Å²) in [5.41, 5.74) is 5.13. The van der Waals surface area contributed by atoms with Crippen molar-refractivity contribution in [1.82, 2.24) is 15.4 Å². The van der Waals surface area contributed by atoms with E-state index in [-0.39, 0.29) is 13.0 Å². The molecule has 4 amide bonds. The van der Waals surface area contributed by atoms with Gasteiger partial charge in [-0.05, 0) is 19.3 Å². The Morgan fingerprint density at radius 1 is 1.19 bits per heavy atom. The molecule has 27 heavy (non-hydrogen) atoms. The molecule has 0 aliphatic rings. The van der Waals surface area contributed by atoms with Crippen molar-refractivity contribution in [1.29, 1.82) is 0 Å². The maximum atomic E-state index is 12.3. The standard InChI is InChI=1S/C16H32N4O6S/c1-5-7-12(6-2)10-26-11(3)14(19-16(17)23)15(22)18-9-8-13(21)20-27(4,24)25/h11-12,14H,5-10H2,1-4H3,(H,18,22)(H,20,21)(H3,17,19,23). The molecule has 0 saturated carbocycles. The summed E-state index contributed by atoms with van der Waals surface area (Å²) in [5, 5.41) is 4.80. The van der Waals surface area contributed by atoms with E-state index in [9.17, 15) is 22.8 Å². The van der Waals surface area contributed by atoms with Crippen LogP contribution >= 0.6 is 0 Å². The number of urea groups is 1. The van der Waals surface area contributed by atoms with Gasteiger partial charge in [0.1, 0.15) is 6.04 Å². The van der Waals surface area contributed by atoms with Gasteiger partial charge in [0.2, 0.25) is 21.8 Å². The highest BCUT2D eigenvalue weighted by atomic mass is 32.2. The van der Waals surface area contributed by atoms with E-state index in [2.05, 4.69) is 24.5 Å². The lowest BCUT2D eigenvalue weighted by molar-refractivity contribution is -0.127. The molecule has 158 valence electrons. The molecule has 0 saturated heterocycles. The smallest absolute Gasteiger partial charge is 0.312 e. The van der Waals surface area contributed by atoms with Crippen molar-refractivity contribution >= 4 is 27.9 Å². The molecule has 0 heterocycles. The molecule has 0 radical (unpaired) electrons. The number of hydrogen-bond acceptors (Lipinski definition) is 6. The maximum absolute atomic E-state index is 12.3. The number of nitrogens with two attached hydrogens (primary N) is 1. The minimum absolute atomic E-state index is 0.0999. The summed E-state index contributed by atoms with van der Waals surface area (Å²) in [7, 11) is -3.65. The van der Waals surface area contributed by atoms with Crippen molar-refractivity contribution in [3.8, 4) is 0 Å². The fourth-order valence-electron chi connectivity index (χ4n) is 2.41. The van der Waals surface area contributed by atoms with E-state index in [1.807, 2.05) is 0 Å². The average molecular weight is 409 g/mol. The van der Waals surface area contributed by atoms with Gasteiger partial charge in [-0.1, -0.05) is 26.7 Å². The number of amides is 4. The molecule has 3 atom stereocenters. The van der Waals surface area contributed by atoms with Crippen LogP contribution in [0.1, 0.15) is 46.5 Å². The van der Waals surface area contributed by atoms with Gasteiger partial charge in [-0.15, -0.1) is 0 Å². The van der Waals surface area contributed by atoms with E-state index in [0.29, 0.717) is 12.5 Å². The third-order valence-corrected chi connectivity index (χ3v) is 4.47. The third-order valence-electron chi connectivity index (χ3n) is 3.87. The monoisotopic (exact) mass is 408 g/mol. The summed E-state index contributed by atoms with van der Waals surface area (Å²) < 4.78 is 29.4. The van der Waals surface area contributed by atoms with E-state index in [4.69, 9.17) is 10.5 Å². The van der Waals surface area contributed by atoms with Crippen LogP contribution in [0.3, 0.4) is 0 Å². The van der Waals surface area contributed by atoms with Crippen LogP contribution in [0.15, 0.2) is 0 Å². The molecule has 0 aliphatic heterocycles. The summed E-state index contributed by atoms with van der Waals surface area (Å²) in [6.45, 7) is 6.14. The minimum Gasteiger partial charge on any atom is -0.376 e. The Hall–Kier alpha value is -1.88. The summed E-state index contributed by atoms with van der Waals surface area (Å²) in [4.78, 5) is 35.0. The molecule has 3 unspecified atom stereocenters. The Morgan fingerprint density at radius 3 is 2.30 bits per heavy atom. The molecule has 0 aliphatic carbocycles. The molecule has 5 N–H and O–H groups in total. The number of hydrogen-bond donors (Lipinski definition) is 4. The summed E-state index contributed by atoms with van der Waals surface area (Å²) in [5.74, 6) is -0.960. The van der Waals surface area contributed by atoms with Crippen molar-refractivity contribution in [2.45, 2.75) is 58.6 Å². The topological polar surface area (TPSA) is 157 Å². The van der Waals surface area contributed by atoms with Crippen molar-refractivity contribution in [3.05, 3.63) is 0 Å². The largest absolute Gasteiger partial charge is 0.376 e. The molecule has 0 bridgehead atoms. The number of carbonyl (C=O) groups is 3. The lowest BCUT2D eigenvalue weighted by Crippen LogP contribution is -2.55. The number of primary amides is 1. The Labute approximate surface area is 161 Å². The zero-order chi connectivity index (χ0) is 21.0. The van der Waals surface area contributed by atoms with E-state index in [1.165, 1.54) is 0 Å². The SMILES string of the molecule is CCCC(CC)COC(C)C(NC(N)=O)C(=O)NCCC(=O)NS(C)(=O)=O. The first kappa shape index (κ1) is 25.1. The number of sulfonamides is 1. The Bertz CT molecular complexity index is 596. The van der Waals surface area contributed by atoms with Crippen LogP contribution in [0.2, 0.25) is 0 Å². The van der Waals surface area contributed by atoms with Crippen molar-refractivity contribution in [3.63, 3.8) is 0 Å². The number of carbonyl (C=O) groups excluding carboxylic acids is 3. The number of nitrogens with one attached hydrogen (secondary N) is 3. The number of rotatable bonds is 13. The minimum atomic E-state index is -3.65. The van der Waals surface area contributed by atoms with Crippen molar-refractivity contribution in [2.24, 2.45) is 11.7 Å². The van der Waals surface area contributed by atoms with E-state index in [0.717, 1.165) is 25.5 Å². The number of ether oxygens (including phenoxy) is 1. The second-order valence-corrected chi connectivity index (χ2v) is 8.17. The molecule has 11 heteroatoms. The first-order chi connectivity index (χ1) is 12.5. The van der Waals surface area contributed by atoms with Gasteiger partial charge in [0.15, 0.2) is 0 Å². The van der Waals surface area contributed by atoms with Crippen LogP contribution in [0.5, 0.6) is 0 Å². The molecule has 0 aromatic rings. The van der Waals surface area contributed by atoms with Gasteiger partial charge < -0.3 is 21.1 Å². The second kappa shape index (κ2) is 12.5. The van der Waals surface area contributed by atoms with Crippen LogP contribution in [0, 0.1) is 5.92 Å². The molecule has 0 fully saturated rings. The van der Waals surface area contributed by atoms with Crippen LogP contribution < -0.4 is 21.1 Å². The van der Waals surface area contributed by atoms with Crippen LogP contribution in [0.25, 0.3) is 0 Å². The average Bonchev–Trinajstić information content (AvgIpc) is 2.54. The van der Waals surface area contributed by atoms with Gasteiger partial charge >= 0.3 is 6.03 Å². The zero-order valence-electron chi connectivity index (χ0n) is 16.4. The van der Waals surface area contributed by atoms with E-state index < -0.39 is 40.0 Å². The van der Waals surface area contributed by atoms with Crippen molar-refractivity contribution < 1.29 is 27.5 Å². The predicted molar refractivity (Wildman–Crippen MR) is 101 cm³/mol. The quantitative estimate of drug-likeness (QED) is 0.331. The highest BCUT2D eigenvalue weighted by molar-refractivity contribution is 7.89. The zero-order valence-corrected chi connectivity index (χ0v) is 17.2. The third kappa shape index (κ3) is 12.2. The van der Waals surface area contributed by atoms with Gasteiger partial charge in [0.05, 0.1) is 12.4 Å². The predicted octanol–water partition coefficient (Wildman–Crippen LogP) is -0.163. The summed E-state index contributed by atoms with van der Waals surface area (Å²) in [6.07, 6.45) is 2.96. The molecule has 0 rings (SSSR count). The Morgan fingerprint density at radius 2 is 1.81 bits per heavy atom. The van der Waals surface area contributed by atoms with Gasteiger partial charge in [0.25, 0.3) is 0 Å². The maximum Gasteiger partial charge on any atom is 0.312 e. The van der Waals surface area contributed by atoms with Crippen molar-refractivity contribution in [2.75, 3.05) is 19.4 Å². The fourth-order valence-corrected chi connectivity index (χ4v) is 2.93. The first-order valence-electron chi connectivity index (χ1n) is 8.96. The summed E-state index contributed by atoms with van der Waals surface area (Å²) in [6, 6.07) is -1.90. The molecular formula is C16H32N4O6S. The Kier molecular flexibility index (Phi) is 11.6. The van der Waals surface area contributed by atoms with E-state index in [1.54, 1.807) is 11.6 Å². The highest BCUT2D eigenvalue weighted by Crippen LogP contribution is 2.13. The molecule has 0 aromatic carbocycles. The fraction of sp³-hybridized carbons (Fsp3) is 0.812. The second-order valence-electron chi connectivity index (χ2n) is 6.43. The highest BCUT2D eigenvalue weighted by Gasteiger charge is 2.27. The van der Waals surface area contributed by atoms with Gasteiger partial charge in [-0.25, -0.2) is 13.2 Å². The summed E-state index contributed by atoms with van der Waals surface area (Å²) >= 11 is 0. The molecule has 10 nitrogen and oxygen atoms in total. The molecule has 0 aromatic heterocycles. The van der Waals surface area contributed by atoms with Crippen LogP contribution in [0.4, 0.5) is 4.79 Å². The Balaban J connectivity index is 4.66. The van der Waals surface area contributed by atoms with Gasteiger partial charge in [-0.3, -0.25) is 14.3 Å². The van der Waals surface area contributed by atoms with Crippen LogP contribution in [-0.4, -0.2) is 57.8 Å². The lowest BCUT2D eigenvalue weighted by Gasteiger charge is -2.25.